The number of hydrogen-bond donors (Lipinski definition) is 0. The van der Waals surface area contributed by atoms with Crippen LogP contribution in [-0.2, 0) is 4.79 Å². The van der Waals surface area contributed by atoms with E-state index in [0.717, 1.165) is 98.7 Å². The molecule has 2 amide bonds. The SMILES string of the molecule is CC(C)c1cccc(C(C)C)c1N1C(=O)c2ccc3c4cccc5c(-c6cccc(C7=C(c8ccccc8)C(=O)C(c8ccccc8)=C7c7ccccc7)c6)ccc(c6ccc(c2c36)C1=O)c54. The quantitative estimate of drug-likeness (QED) is 0.0869. The Balaban J connectivity index is 1.05. The highest BCUT2D eigenvalue weighted by molar-refractivity contribution is 6.59. The summed E-state index contributed by atoms with van der Waals surface area (Å²) >= 11 is 0. The minimum atomic E-state index is -0.286. The molecule has 4 heteroatoms. The highest BCUT2D eigenvalue weighted by atomic mass is 16.2. The summed E-state index contributed by atoms with van der Waals surface area (Å²) in [7, 11) is 0. The summed E-state index contributed by atoms with van der Waals surface area (Å²) in [6.07, 6.45) is 0. The fourth-order valence-electron chi connectivity index (χ4n) is 11.1. The molecule has 10 aromatic carbocycles. The molecule has 10 aromatic rings. The van der Waals surface area contributed by atoms with E-state index in [2.05, 4.69) is 107 Å². The molecule has 0 radical (unpaired) electrons. The molecule has 0 saturated carbocycles. The highest BCUT2D eigenvalue weighted by Gasteiger charge is 2.39. The van der Waals surface area contributed by atoms with Crippen molar-refractivity contribution >= 4 is 88.7 Å². The Hall–Kier alpha value is -8.21. The van der Waals surface area contributed by atoms with E-state index in [-0.39, 0.29) is 29.4 Å². The first-order chi connectivity index (χ1) is 32.7. The molecule has 0 N–H and O–H groups in total. The monoisotopic (exact) mass is 863 g/mol. The highest BCUT2D eigenvalue weighted by Crippen LogP contribution is 2.51. The maximum absolute atomic E-state index is 15.0. The van der Waals surface area contributed by atoms with Gasteiger partial charge in [0.15, 0.2) is 5.78 Å². The van der Waals surface area contributed by atoms with Crippen molar-refractivity contribution in [3.8, 4) is 11.1 Å². The molecule has 0 bridgehead atoms. The fraction of sp³-hybridized carbons (Fsp3) is 0.0952. The van der Waals surface area contributed by atoms with Gasteiger partial charge < -0.3 is 0 Å². The Morgan fingerprint density at radius 3 is 1.27 bits per heavy atom. The first kappa shape index (κ1) is 40.3. The van der Waals surface area contributed by atoms with Gasteiger partial charge in [0, 0.05) is 38.8 Å². The van der Waals surface area contributed by atoms with Crippen LogP contribution in [0.5, 0.6) is 0 Å². The number of nitrogens with zero attached hydrogens (tertiary/aromatic N) is 1. The number of hydrogen-bond acceptors (Lipinski definition) is 3. The number of amides is 2. The topological polar surface area (TPSA) is 54.5 Å². The molecule has 67 heavy (non-hydrogen) atoms. The van der Waals surface area contributed by atoms with Crippen molar-refractivity contribution in [3.63, 3.8) is 0 Å². The lowest BCUT2D eigenvalue weighted by Crippen LogP contribution is -2.41. The van der Waals surface area contributed by atoms with Crippen LogP contribution in [0.4, 0.5) is 5.69 Å². The number of carbonyl (C=O) groups is 3. The van der Waals surface area contributed by atoms with Crippen LogP contribution in [0.2, 0.25) is 0 Å². The number of para-hydroxylation sites is 1. The second-order valence-electron chi connectivity index (χ2n) is 18.5. The number of anilines is 1. The number of carbonyl (C=O) groups excluding carboxylic acids is 3. The molecular weight excluding hydrogens is 819 g/mol. The van der Waals surface area contributed by atoms with Gasteiger partial charge in [-0.25, -0.2) is 4.90 Å². The zero-order valence-corrected chi connectivity index (χ0v) is 37.7. The summed E-state index contributed by atoms with van der Waals surface area (Å²) in [4.78, 5) is 46.1. The molecule has 2 aliphatic rings. The number of fused-ring (bicyclic) bond motifs is 2. The van der Waals surface area contributed by atoms with E-state index >= 15 is 0 Å². The molecule has 1 aliphatic heterocycles. The normalized spacial score (nSPS) is 14.2. The van der Waals surface area contributed by atoms with Gasteiger partial charge in [-0.1, -0.05) is 198 Å². The van der Waals surface area contributed by atoms with Gasteiger partial charge in [-0.3, -0.25) is 14.4 Å². The third-order valence-electron chi connectivity index (χ3n) is 14.1. The zero-order valence-electron chi connectivity index (χ0n) is 37.7. The predicted octanol–water partition coefficient (Wildman–Crippen LogP) is 15.6. The Labute approximate surface area is 389 Å². The first-order valence-corrected chi connectivity index (χ1v) is 23.2. The molecule has 0 aromatic heterocycles. The van der Waals surface area contributed by atoms with E-state index in [4.69, 9.17) is 0 Å². The number of ketones is 1. The summed E-state index contributed by atoms with van der Waals surface area (Å²) in [5.41, 5.74) is 12.8. The van der Waals surface area contributed by atoms with Crippen LogP contribution in [0.3, 0.4) is 0 Å². The third kappa shape index (κ3) is 6.02. The van der Waals surface area contributed by atoms with Crippen molar-refractivity contribution < 1.29 is 14.4 Å². The van der Waals surface area contributed by atoms with Crippen LogP contribution in [0.15, 0.2) is 188 Å². The standard InChI is InChI=1S/C63H45NO3/c1-36(2)43-25-15-26-44(37(3)4)60(43)64-62(66)51-33-31-49-47-28-16-27-46-45(29-30-48(57(46)47)50-32-34-52(63(64)67)59(51)58(49)50)41-23-14-24-42(35-41)54-53(38-17-8-5-9-18-38)55(39-19-10-6-11-20-39)61(65)56(54)40-21-12-7-13-22-40/h5-37H,1-4H3. The molecule has 0 saturated heterocycles. The molecule has 0 spiro atoms. The summed E-state index contributed by atoms with van der Waals surface area (Å²) < 4.78 is 0. The Morgan fingerprint density at radius 1 is 0.328 bits per heavy atom. The second-order valence-corrected chi connectivity index (χ2v) is 18.5. The summed E-state index contributed by atoms with van der Waals surface area (Å²) in [5, 5.41) is 8.02. The second kappa shape index (κ2) is 15.5. The van der Waals surface area contributed by atoms with Crippen molar-refractivity contribution in [1.29, 1.82) is 0 Å². The minimum absolute atomic E-state index is 0.00819. The number of rotatable bonds is 8. The number of Topliss-reactive ketones (excluding diaryl/α,β-unsaturated/α-hetero) is 1. The third-order valence-corrected chi connectivity index (χ3v) is 14.1. The average Bonchev–Trinajstić information content (AvgIpc) is 3.68. The molecule has 12 rings (SSSR count). The van der Waals surface area contributed by atoms with Crippen molar-refractivity contribution in [1.82, 2.24) is 0 Å². The minimum Gasteiger partial charge on any atom is -0.289 e. The average molecular weight is 864 g/mol. The van der Waals surface area contributed by atoms with Gasteiger partial charge in [0.05, 0.1) is 5.69 Å². The lowest BCUT2D eigenvalue weighted by molar-refractivity contribution is -0.108. The van der Waals surface area contributed by atoms with E-state index in [1.165, 1.54) is 4.90 Å². The van der Waals surface area contributed by atoms with E-state index in [1.54, 1.807) is 0 Å². The van der Waals surface area contributed by atoms with E-state index in [1.807, 2.05) is 109 Å². The molecular formula is C63H45NO3. The Bertz CT molecular complexity index is 3690. The summed E-state index contributed by atoms with van der Waals surface area (Å²) in [5.74, 6) is -0.337. The summed E-state index contributed by atoms with van der Waals surface area (Å²) in [6, 6.07) is 63.9. The van der Waals surface area contributed by atoms with Gasteiger partial charge in [-0.05, 0) is 112 Å². The lowest BCUT2D eigenvalue weighted by Gasteiger charge is -2.32. The van der Waals surface area contributed by atoms with Crippen molar-refractivity contribution in [2.45, 2.75) is 39.5 Å². The van der Waals surface area contributed by atoms with Gasteiger partial charge >= 0.3 is 0 Å². The van der Waals surface area contributed by atoms with Crippen molar-refractivity contribution in [2.24, 2.45) is 0 Å². The molecule has 4 nitrogen and oxygen atoms in total. The van der Waals surface area contributed by atoms with Gasteiger partial charge in [0.2, 0.25) is 0 Å². The molecule has 0 fully saturated rings. The van der Waals surface area contributed by atoms with Crippen LogP contribution in [0.25, 0.3) is 76.5 Å². The number of imide groups is 1. The first-order valence-electron chi connectivity index (χ1n) is 23.2. The van der Waals surface area contributed by atoms with E-state index < -0.39 is 0 Å². The van der Waals surface area contributed by atoms with Gasteiger partial charge in [-0.15, -0.1) is 0 Å². The largest absolute Gasteiger partial charge is 0.289 e. The fourth-order valence-corrected chi connectivity index (χ4v) is 11.1. The van der Waals surface area contributed by atoms with E-state index in [0.29, 0.717) is 28.0 Å². The maximum atomic E-state index is 15.0. The molecule has 1 aliphatic carbocycles. The van der Waals surface area contributed by atoms with Crippen LogP contribution < -0.4 is 4.90 Å². The number of benzene rings is 10. The van der Waals surface area contributed by atoms with E-state index in [9.17, 15) is 14.4 Å². The van der Waals surface area contributed by atoms with Gasteiger partial charge in [0.25, 0.3) is 11.8 Å². The zero-order chi connectivity index (χ0) is 45.7. The van der Waals surface area contributed by atoms with Crippen LogP contribution in [0, 0.1) is 0 Å². The lowest BCUT2D eigenvalue weighted by atomic mass is 9.82. The van der Waals surface area contributed by atoms with Crippen LogP contribution >= 0.6 is 0 Å². The van der Waals surface area contributed by atoms with Crippen LogP contribution in [0.1, 0.15) is 93.6 Å². The smallest absolute Gasteiger partial charge is 0.266 e. The Morgan fingerprint density at radius 2 is 0.731 bits per heavy atom. The molecule has 320 valence electrons. The Kier molecular flexibility index (Phi) is 9.30. The van der Waals surface area contributed by atoms with Gasteiger partial charge in [-0.2, -0.15) is 0 Å². The van der Waals surface area contributed by atoms with Crippen molar-refractivity contribution in [2.75, 3.05) is 4.90 Å². The maximum Gasteiger partial charge on any atom is 0.266 e. The van der Waals surface area contributed by atoms with Crippen molar-refractivity contribution in [3.05, 3.63) is 233 Å². The predicted molar refractivity (Wildman–Crippen MR) is 277 cm³/mol. The van der Waals surface area contributed by atoms with Gasteiger partial charge in [0.1, 0.15) is 0 Å². The summed E-state index contributed by atoms with van der Waals surface area (Å²) in [6.45, 7) is 8.44. The van der Waals surface area contributed by atoms with Crippen LogP contribution in [-0.4, -0.2) is 17.6 Å². The molecule has 0 unspecified atom stereocenters. The molecule has 0 atom stereocenters. The number of allylic oxidation sites excluding steroid dienone is 4. The molecule has 1 heterocycles.